The Morgan fingerprint density at radius 3 is 2.29 bits per heavy atom. The average Bonchev–Trinajstić information content (AvgIpc) is 2.45. The number of rotatable bonds is 5. The summed E-state index contributed by atoms with van der Waals surface area (Å²) in [4.78, 5) is 13.0. The molecule has 0 saturated carbocycles. The van der Waals surface area contributed by atoms with E-state index >= 15 is 0 Å². The Hall–Kier alpha value is -2.37. The summed E-state index contributed by atoms with van der Waals surface area (Å²) in [5, 5.41) is 6.67. The van der Waals surface area contributed by atoms with Crippen LogP contribution in [0, 0.1) is 0 Å². The zero-order valence-corrected chi connectivity index (χ0v) is 15.4. The summed E-state index contributed by atoms with van der Waals surface area (Å²) in [6, 6.07) is 8.01. The number of aromatic nitrogens is 3. The van der Waals surface area contributed by atoms with E-state index in [-0.39, 0.29) is 16.9 Å². The second kappa shape index (κ2) is 6.63. The van der Waals surface area contributed by atoms with Gasteiger partial charge in [0.25, 0.3) is 0 Å². The molecular weight excluding hydrogens is 300 g/mol. The fourth-order valence-corrected chi connectivity index (χ4v) is 2.15. The molecule has 6 nitrogen and oxygen atoms in total. The van der Waals surface area contributed by atoms with Gasteiger partial charge in [-0.1, -0.05) is 26.8 Å². The van der Waals surface area contributed by atoms with Gasteiger partial charge in [0.05, 0.1) is 0 Å². The van der Waals surface area contributed by atoms with E-state index in [0.717, 1.165) is 17.8 Å². The smallest absolute Gasteiger partial charge is 0.232 e. The van der Waals surface area contributed by atoms with Crippen molar-refractivity contribution >= 4 is 23.3 Å². The molecule has 24 heavy (non-hydrogen) atoms. The lowest BCUT2D eigenvalue weighted by molar-refractivity contribution is 0.472. The lowest BCUT2D eigenvalue weighted by Gasteiger charge is -2.23. The standard InChI is InChI=1S/C18H28N6/c1-7-18(5,6)14-21-15(19)23-16(22-14)20-12-9-8-10-13(11-12)24-17(2,3)4/h8-11,24H,7H2,1-6H3,(H3,19,20,21,22,23). The summed E-state index contributed by atoms with van der Waals surface area (Å²) in [6.45, 7) is 12.7. The van der Waals surface area contributed by atoms with Crippen LogP contribution in [0.3, 0.4) is 0 Å². The first-order valence-corrected chi connectivity index (χ1v) is 8.26. The van der Waals surface area contributed by atoms with Crippen LogP contribution in [0.1, 0.15) is 53.8 Å². The van der Waals surface area contributed by atoms with Crippen molar-refractivity contribution < 1.29 is 0 Å². The zero-order chi connectivity index (χ0) is 18.0. The number of nitrogens with two attached hydrogens (primary N) is 1. The van der Waals surface area contributed by atoms with E-state index < -0.39 is 0 Å². The van der Waals surface area contributed by atoms with Crippen LogP contribution in [0.25, 0.3) is 0 Å². The Balaban J connectivity index is 2.27. The molecule has 0 aliphatic rings. The third-order valence-electron chi connectivity index (χ3n) is 3.78. The molecule has 2 rings (SSSR count). The summed E-state index contributed by atoms with van der Waals surface area (Å²) >= 11 is 0. The van der Waals surface area contributed by atoms with Crippen LogP contribution >= 0.6 is 0 Å². The normalized spacial score (nSPS) is 12.1. The zero-order valence-electron chi connectivity index (χ0n) is 15.4. The fraction of sp³-hybridized carbons (Fsp3) is 0.500. The predicted molar refractivity (Wildman–Crippen MR) is 101 cm³/mol. The first-order chi connectivity index (χ1) is 11.1. The predicted octanol–water partition coefficient (Wildman–Crippen LogP) is 4.10. The summed E-state index contributed by atoms with van der Waals surface area (Å²) in [5.74, 6) is 1.39. The topological polar surface area (TPSA) is 88.8 Å². The first-order valence-electron chi connectivity index (χ1n) is 8.26. The molecule has 6 heteroatoms. The molecule has 0 saturated heterocycles. The van der Waals surface area contributed by atoms with Gasteiger partial charge >= 0.3 is 0 Å². The van der Waals surface area contributed by atoms with Crippen LogP contribution in [0.5, 0.6) is 0 Å². The van der Waals surface area contributed by atoms with Gasteiger partial charge in [-0.25, -0.2) is 0 Å². The van der Waals surface area contributed by atoms with Crippen LogP contribution in [-0.2, 0) is 5.41 Å². The van der Waals surface area contributed by atoms with Gasteiger partial charge in [-0.15, -0.1) is 0 Å². The SMILES string of the molecule is CCC(C)(C)c1nc(N)nc(Nc2cccc(NC(C)(C)C)c2)n1. The molecule has 0 amide bonds. The van der Waals surface area contributed by atoms with Gasteiger partial charge in [0.15, 0.2) is 0 Å². The number of nitrogen functional groups attached to an aromatic ring is 1. The highest BCUT2D eigenvalue weighted by Crippen LogP contribution is 2.26. The van der Waals surface area contributed by atoms with Gasteiger partial charge in [-0.3, -0.25) is 0 Å². The molecule has 1 aromatic heterocycles. The van der Waals surface area contributed by atoms with Crippen molar-refractivity contribution in [1.29, 1.82) is 0 Å². The van der Waals surface area contributed by atoms with Crippen LogP contribution < -0.4 is 16.4 Å². The highest BCUT2D eigenvalue weighted by atomic mass is 15.2. The Morgan fingerprint density at radius 2 is 1.67 bits per heavy atom. The minimum atomic E-state index is -0.150. The van der Waals surface area contributed by atoms with E-state index in [1.54, 1.807) is 0 Å². The third-order valence-corrected chi connectivity index (χ3v) is 3.78. The molecule has 0 fully saturated rings. The van der Waals surface area contributed by atoms with Crippen LogP contribution in [-0.4, -0.2) is 20.5 Å². The Morgan fingerprint density at radius 1 is 1.00 bits per heavy atom. The second-order valence-corrected chi connectivity index (χ2v) is 7.66. The molecule has 4 N–H and O–H groups in total. The molecule has 0 aliphatic carbocycles. The molecule has 1 heterocycles. The van der Waals surface area contributed by atoms with Crippen molar-refractivity contribution in [3.05, 3.63) is 30.1 Å². The van der Waals surface area contributed by atoms with Crippen molar-refractivity contribution in [2.24, 2.45) is 0 Å². The van der Waals surface area contributed by atoms with Gasteiger partial charge in [-0.05, 0) is 45.4 Å². The van der Waals surface area contributed by atoms with Gasteiger partial charge in [0, 0.05) is 22.3 Å². The van der Waals surface area contributed by atoms with Crippen molar-refractivity contribution in [3.63, 3.8) is 0 Å². The largest absolute Gasteiger partial charge is 0.380 e. The van der Waals surface area contributed by atoms with E-state index in [1.165, 1.54) is 0 Å². The quantitative estimate of drug-likeness (QED) is 0.766. The summed E-state index contributed by atoms with van der Waals surface area (Å²) in [7, 11) is 0. The van der Waals surface area contributed by atoms with Gasteiger partial charge in [0.1, 0.15) is 5.82 Å². The molecule has 0 bridgehead atoms. The molecule has 0 spiro atoms. The van der Waals surface area contributed by atoms with Crippen LogP contribution in [0.15, 0.2) is 24.3 Å². The Bertz CT molecular complexity index is 703. The first kappa shape index (κ1) is 18.0. The number of hydrogen-bond acceptors (Lipinski definition) is 6. The third kappa shape index (κ3) is 4.81. The number of hydrogen-bond donors (Lipinski definition) is 3. The van der Waals surface area contributed by atoms with E-state index in [2.05, 4.69) is 67.1 Å². The lowest BCUT2D eigenvalue weighted by Crippen LogP contribution is -2.26. The van der Waals surface area contributed by atoms with Gasteiger partial charge in [0.2, 0.25) is 11.9 Å². The fourth-order valence-electron chi connectivity index (χ4n) is 2.15. The maximum absolute atomic E-state index is 5.86. The highest BCUT2D eigenvalue weighted by Gasteiger charge is 2.23. The van der Waals surface area contributed by atoms with E-state index in [0.29, 0.717) is 11.8 Å². The summed E-state index contributed by atoms with van der Waals surface area (Å²) in [5.41, 5.74) is 7.64. The van der Waals surface area contributed by atoms with Crippen molar-refractivity contribution in [2.75, 3.05) is 16.4 Å². The molecule has 0 atom stereocenters. The lowest BCUT2D eigenvalue weighted by atomic mass is 9.89. The van der Waals surface area contributed by atoms with Crippen molar-refractivity contribution in [3.8, 4) is 0 Å². The Kier molecular flexibility index (Phi) is 4.96. The van der Waals surface area contributed by atoms with Crippen molar-refractivity contribution in [2.45, 2.75) is 58.9 Å². The molecule has 0 radical (unpaired) electrons. The summed E-state index contributed by atoms with van der Waals surface area (Å²) in [6.07, 6.45) is 0.918. The number of nitrogens with zero attached hydrogens (tertiary/aromatic N) is 3. The van der Waals surface area contributed by atoms with Crippen LogP contribution in [0.4, 0.5) is 23.3 Å². The number of benzene rings is 1. The van der Waals surface area contributed by atoms with Crippen molar-refractivity contribution in [1.82, 2.24) is 15.0 Å². The molecule has 0 unspecified atom stereocenters. The van der Waals surface area contributed by atoms with E-state index in [9.17, 15) is 0 Å². The molecule has 130 valence electrons. The van der Waals surface area contributed by atoms with Gasteiger partial charge < -0.3 is 16.4 Å². The average molecular weight is 328 g/mol. The summed E-state index contributed by atoms with van der Waals surface area (Å²) < 4.78 is 0. The van der Waals surface area contributed by atoms with Gasteiger partial charge in [-0.2, -0.15) is 15.0 Å². The van der Waals surface area contributed by atoms with E-state index in [4.69, 9.17) is 5.73 Å². The monoisotopic (exact) mass is 328 g/mol. The maximum atomic E-state index is 5.86. The molecule has 1 aromatic carbocycles. The molecule has 2 aromatic rings. The molecular formula is C18H28N6. The maximum Gasteiger partial charge on any atom is 0.232 e. The number of anilines is 4. The minimum absolute atomic E-state index is 0.00542. The molecule has 0 aliphatic heterocycles. The van der Waals surface area contributed by atoms with E-state index in [1.807, 2.05) is 24.3 Å². The minimum Gasteiger partial charge on any atom is -0.380 e. The number of nitrogens with one attached hydrogen (secondary N) is 2. The Labute approximate surface area is 144 Å². The second-order valence-electron chi connectivity index (χ2n) is 7.66. The highest BCUT2D eigenvalue weighted by molar-refractivity contribution is 5.62. The van der Waals surface area contributed by atoms with Crippen LogP contribution in [0.2, 0.25) is 0 Å².